The number of aliphatic hydroxyl groups excluding tert-OH is 1. The van der Waals surface area contributed by atoms with E-state index < -0.39 is 23.5 Å². The van der Waals surface area contributed by atoms with Crippen molar-refractivity contribution in [3.63, 3.8) is 0 Å². The van der Waals surface area contributed by atoms with Gasteiger partial charge >= 0.3 is 0 Å². The van der Waals surface area contributed by atoms with Gasteiger partial charge in [-0.25, -0.2) is 4.39 Å². The van der Waals surface area contributed by atoms with Crippen molar-refractivity contribution in [3.05, 3.63) is 95.2 Å². The fraction of sp³-hybridized carbons (Fsp3) is 0.167. The van der Waals surface area contributed by atoms with Crippen LogP contribution in [0.25, 0.3) is 5.76 Å². The number of hydrogen-bond acceptors (Lipinski definition) is 5. The Bertz CT molecular complexity index is 1130. The largest absolute Gasteiger partial charge is 0.507 e. The highest BCUT2D eigenvalue weighted by Gasteiger charge is 2.46. The van der Waals surface area contributed by atoms with Crippen LogP contribution in [0.15, 0.2) is 76.9 Å². The molecule has 7 heteroatoms. The summed E-state index contributed by atoms with van der Waals surface area (Å²) in [5.41, 5.74) is 1.83. The van der Waals surface area contributed by atoms with Gasteiger partial charge < -0.3 is 19.3 Å². The Balaban J connectivity index is 1.84. The highest BCUT2D eigenvalue weighted by Crippen LogP contribution is 2.40. The van der Waals surface area contributed by atoms with Crippen molar-refractivity contribution in [3.8, 4) is 0 Å². The van der Waals surface area contributed by atoms with Crippen molar-refractivity contribution in [1.82, 2.24) is 4.90 Å². The van der Waals surface area contributed by atoms with Crippen molar-refractivity contribution < 1.29 is 23.5 Å². The van der Waals surface area contributed by atoms with E-state index in [-0.39, 0.29) is 23.4 Å². The van der Waals surface area contributed by atoms with Crippen molar-refractivity contribution in [2.24, 2.45) is 0 Å². The van der Waals surface area contributed by atoms with E-state index in [0.717, 1.165) is 5.69 Å². The Labute approximate surface area is 178 Å². The SMILES string of the molecule is CN(C)c1ccc(C2C(=C(O)c3ccc(F)cc3)C(=O)C(=O)N2Cc2ccco2)cc1. The third-order valence-electron chi connectivity index (χ3n) is 5.29. The lowest BCUT2D eigenvalue weighted by Crippen LogP contribution is -2.29. The summed E-state index contributed by atoms with van der Waals surface area (Å²) >= 11 is 0. The molecule has 1 amide bonds. The number of benzene rings is 2. The van der Waals surface area contributed by atoms with Crippen molar-refractivity contribution in [1.29, 1.82) is 0 Å². The second kappa shape index (κ2) is 8.10. The second-order valence-corrected chi connectivity index (χ2v) is 7.50. The normalized spacial score (nSPS) is 17.9. The molecule has 4 rings (SSSR count). The van der Waals surface area contributed by atoms with Gasteiger partial charge in [0.05, 0.1) is 24.4 Å². The number of amides is 1. The molecule has 31 heavy (non-hydrogen) atoms. The van der Waals surface area contributed by atoms with Gasteiger partial charge in [-0.1, -0.05) is 12.1 Å². The van der Waals surface area contributed by atoms with E-state index >= 15 is 0 Å². The molecule has 0 radical (unpaired) electrons. The lowest BCUT2D eigenvalue weighted by atomic mass is 9.95. The minimum Gasteiger partial charge on any atom is -0.507 e. The van der Waals surface area contributed by atoms with Crippen molar-refractivity contribution in [2.45, 2.75) is 12.6 Å². The van der Waals surface area contributed by atoms with E-state index in [4.69, 9.17) is 4.42 Å². The van der Waals surface area contributed by atoms with Gasteiger partial charge in [0, 0.05) is 25.3 Å². The molecule has 6 nitrogen and oxygen atoms in total. The summed E-state index contributed by atoms with van der Waals surface area (Å²) in [5.74, 6) is -1.83. The Morgan fingerprint density at radius 2 is 1.74 bits per heavy atom. The quantitative estimate of drug-likeness (QED) is 0.382. The van der Waals surface area contributed by atoms with Crippen LogP contribution in [0, 0.1) is 5.82 Å². The number of ketones is 1. The molecule has 0 bridgehead atoms. The first-order chi connectivity index (χ1) is 14.9. The number of carbonyl (C=O) groups is 2. The molecule has 2 aromatic carbocycles. The fourth-order valence-electron chi connectivity index (χ4n) is 3.68. The molecule has 1 atom stereocenters. The van der Waals surface area contributed by atoms with Gasteiger partial charge in [-0.2, -0.15) is 0 Å². The molecule has 1 saturated heterocycles. The third-order valence-corrected chi connectivity index (χ3v) is 5.29. The molecule has 0 saturated carbocycles. The number of Topliss-reactive ketones (excluding diaryl/α,β-unsaturated/α-hetero) is 1. The number of halogens is 1. The third kappa shape index (κ3) is 3.82. The highest BCUT2D eigenvalue weighted by molar-refractivity contribution is 6.46. The minimum atomic E-state index is -0.814. The Kier molecular flexibility index (Phi) is 5.33. The number of anilines is 1. The molecule has 1 fully saturated rings. The molecular weight excluding hydrogens is 399 g/mol. The molecule has 0 aliphatic carbocycles. The van der Waals surface area contributed by atoms with Crippen LogP contribution in [-0.4, -0.2) is 35.8 Å². The molecule has 158 valence electrons. The monoisotopic (exact) mass is 420 g/mol. The Morgan fingerprint density at radius 3 is 2.32 bits per heavy atom. The van der Waals surface area contributed by atoms with Gasteiger partial charge in [-0.05, 0) is 54.1 Å². The summed E-state index contributed by atoms with van der Waals surface area (Å²) in [4.78, 5) is 29.2. The maximum Gasteiger partial charge on any atom is 0.296 e. The van der Waals surface area contributed by atoms with Gasteiger partial charge in [0.2, 0.25) is 0 Å². The summed E-state index contributed by atoms with van der Waals surface area (Å²) < 4.78 is 18.7. The summed E-state index contributed by atoms with van der Waals surface area (Å²) in [6, 6.07) is 15.1. The van der Waals surface area contributed by atoms with Crippen LogP contribution < -0.4 is 4.90 Å². The number of likely N-dealkylation sites (tertiary alicyclic amines) is 1. The smallest absolute Gasteiger partial charge is 0.296 e. The van der Waals surface area contributed by atoms with E-state index in [0.29, 0.717) is 11.3 Å². The lowest BCUT2D eigenvalue weighted by Gasteiger charge is -2.25. The van der Waals surface area contributed by atoms with E-state index in [1.165, 1.54) is 35.4 Å². The zero-order valence-corrected chi connectivity index (χ0v) is 17.1. The Hall–Kier alpha value is -3.87. The van der Waals surface area contributed by atoms with Crippen LogP contribution in [-0.2, 0) is 16.1 Å². The minimum absolute atomic E-state index is 0.0410. The molecular formula is C24H21FN2O4. The van der Waals surface area contributed by atoms with Crippen molar-refractivity contribution in [2.75, 3.05) is 19.0 Å². The Morgan fingerprint density at radius 1 is 1.06 bits per heavy atom. The maximum absolute atomic E-state index is 13.3. The molecule has 3 aromatic rings. The zero-order chi connectivity index (χ0) is 22.1. The fourth-order valence-corrected chi connectivity index (χ4v) is 3.68. The first-order valence-corrected chi connectivity index (χ1v) is 9.71. The highest BCUT2D eigenvalue weighted by atomic mass is 19.1. The molecule has 1 aromatic heterocycles. The van der Waals surface area contributed by atoms with Crippen LogP contribution in [0.3, 0.4) is 0 Å². The summed E-state index contributed by atoms with van der Waals surface area (Å²) in [7, 11) is 3.82. The summed E-state index contributed by atoms with van der Waals surface area (Å²) in [5, 5.41) is 10.9. The standard InChI is InChI=1S/C24H21FN2O4/c1-26(2)18-11-7-15(8-12-18)21-20(22(28)16-5-9-17(25)10-6-16)23(29)24(30)27(21)14-19-4-3-13-31-19/h3-13,21,28H,14H2,1-2H3. The molecule has 1 N–H and O–H groups in total. The average Bonchev–Trinajstić information content (AvgIpc) is 3.36. The van der Waals surface area contributed by atoms with E-state index in [2.05, 4.69) is 0 Å². The first-order valence-electron chi connectivity index (χ1n) is 9.71. The number of nitrogens with zero attached hydrogens (tertiary/aromatic N) is 2. The van der Waals surface area contributed by atoms with Crippen LogP contribution in [0.2, 0.25) is 0 Å². The second-order valence-electron chi connectivity index (χ2n) is 7.50. The molecule has 1 aliphatic heterocycles. The van der Waals surface area contributed by atoms with Crippen LogP contribution in [0.1, 0.15) is 22.9 Å². The molecule has 1 unspecified atom stereocenters. The van der Waals surface area contributed by atoms with Gasteiger partial charge in [-0.15, -0.1) is 0 Å². The number of carbonyl (C=O) groups excluding carboxylic acids is 2. The van der Waals surface area contributed by atoms with Crippen LogP contribution in [0.5, 0.6) is 0 Å². The summed E-state index contributed by atoms with van der Waals surface area (Å²) in [6.45, 7) is 0.0673. The number of hydrogen-bond donors (Lipinski definition) is 1. The van der Waals surface area contributed by atoms with E-state index in [1.54, 1.807) is 12.1 Å². The lowest BCUT2D eigenvalue weighted by molar-refractivity contribution is -0.140. The maximum atomic E-state index is 13.3. The summed E-state index contributed by atoms with van der Waals surface area (Å²) in [6.07, 6.45) is 1.49. The molecule has 1 aliphatic rings. The number of rotatable bonds is 5. The van der Waals surface area contributed by atoms with Gasteiger partial charge in [-0.3, -0.25) is 9.59 Å². The zero-order valence-electron chi connectivity index (χ0n) is 17.1. The van der Waals surface area contributed by atoms with Gasteiger partial charge in [0.15, 0.2) is 0 Å². The van der Waals surface area contributed by atoms with E-state index in [9.17, 15) is 19.1 Å². The van der Waals surface area contributed by atoms with Crippen molar-refractivity contribution >= 4 is 23.1 Å². The van der Waals surface area contributed by atoms with Gasteiger partial charge in [0.1, 0.15) is 17.3 Å². The molecule has 2 heterocycles. The first kappa shape index (κ1) is 20.4. The predicted molar refractivity (Wildman–Crippen MR) is 114 cm³/mol. The topological polar surface area (TPSA) is 74.0 Å². The molecule has 0 spiro atoms. The number of furan rings is 1. The van der Waals surface area contributed by atoms with Crippen LogP contribution in [0.4, 0.5) is 10.1 Å². The predicted octanol–water partition coefficient (Wildman–Crippen LogP) is 4.11. The van der Waals surface area contributed by atoms with E-state index in [1.807, 2.05) is 43.3 Å². The average molecular weight is 420 g/mol. The number of aliphatic hydroxyl groups is 1. The van der Waals surface area contributed by atoms with Gasteiger partial charge in [0.25, 0.3) is 11.7 Å². The van der Waals surface area contributed by atoms with Crippen LogP contribution >= 0.6 is 0 Å².